The Morgan fingerprint density at radius 3 is 2.50 bits per heavy atom. The van der Waals surface area contributed by atoms with Gasteiger partial charge in [0, 0.05) is 16.7 Å². The molecular formula is C20H17Cl2N3O3. The molecule has 0 radical (unpaired) electrons. The third-order valence-corrected chi connectivity index (χ3v) is 4.17. The molecule has 1 aromatic heterocycles. The summed E-state index contributed by atoms with van der Waals surface area (Å²) < 4.78 is 10.8. The third-order valence-electron chi connectivity index (χ3n) is 3.64. The maximum Gasteiger partial charge on any atom is 0.258 e. The van der Waals surface area contributed by atoms with E-state index in [2.05, 4.69) is 15.5 Å². The summed E-state index contributed by atoms with van der Waals surface area (Å²) >= 11 is 11.8. The van der Waals surface area contributed by atoms with E-state index >= 15 is 0 Å². The molecule has 0 saturated carbocycles. The Hall–Kier alpha value is -2.83. The Morgan fingerprint density at radius 2 is 1.79 bits per heavy atom. The van der Waals surface area contributed by atoms with Crippen LogP contribution in [0.5, 0.6) is 11.6 Å². The SMILES string of the molecule is O=C(COc1ccc(Cl)cc1Cl)NCCOc1ccc(-c2ccccc2)nn1. The van der Waals surface area contributed by atoms with Crippen molar-refractivity contribution in [1.29, 1.82) is 0 Å². The van der Waals surface area contributed by atoms with Crippen LogP contribution in [0, 0.1) is 0 Å². The number of hydrogen-bond donors (Lipinski definition) is 1. The van der Waals surface area contributed by atoms with Crippen molar-refractivity contribution in [3.63, 3.8) is 0 Å². The van der Waals surface area contributed by atoms with Crippen molar-refractivity contribution in [2.24, 2.45) is 0 Å². The summed E-state index contributed by atoms with van der Waals surface area (Å²) in [6.45, 7) is 0.401. The van der Waals surface area contributed by atoms with Crippen LogP contribution < -0.4 is 14.8 Å². The summed E-state index contributed by atoms with van der Waals surface area (Å²) in [5, 5.41) is 11.7. The molecule has 0 bridgehead atoms. The predicted molar refractivity (Wildman–Crippen MR) is 108 cm³/mol. The van der Waals surface area contributed by atoms with Crippen LogP contribution in [0.1, 0.15) is 0 Å². The maximum atomic E-state index is 11.8. The topological polar surface area (TPSA) is 73.3 Å². The van der Waals surface area contributed by atoms with Crippen molar-refractivity contribution in [2.45, 2.75) is 0 Å². The summed E-state index contributed by atoms with van der Waals surface area (Å²) in [6, 6.07) is 18.1. The zero-order valence-corrected chi connectivity index (χ0v) is 16.3. The van der Waals surface area contributed by atoms with E-state index in [0.717, 1.165) is 11.3 Å². The second-order valence-electron chi connectivity index (χ2n) is 5.68. The Bertz CT molecular complexity index is 922. The van der Waals surface area contributed by atoms with Crippen LogP contribution in [0.4, 0.5) is 0 Å². The van der Waals surface area contributed by atoms with Gasteiger partial charge in [0.2, 0.25) is 5.88 Å². The van der Waals surface area contributed by atoms with E-state index < -0.39 is 0 Å². The lowest BCUT2D eigenvalue weighted by Crippen LogP contribution is -2.32. The van der Waals surface area contributed by atoms with Crippen molar-refractivity contribution in [3.8, 4) is 22.9 Å². The first kappa shape index (κ1) is 19.9. The van der Waals surface area contributed by atoms with Crippen molar-refractivity contribution < 1.29 is 14.3 Å². The molecule has 1 heterocycles. The summed E-state index contributed by atoms with van der Waals surface area (Å²) in [6.07, 6.45) is 0. The number of benzene rings is 2. The highest BCUT2D eigenvalue weighted by Gasteiger charge is 2.07. The molecule has 0 fully saturated rings. The van der Waals surface area contributed by atoms with E-state index in [1.807, 2.05) is 36.4 Å². The van der Waals surface area contributed by atoms with E-state index in [4.69, 9.17) is 32.7 Å². The van der Waals surface area contributed by atoms with Crippen LogP contribution in [0.25, 0.3) is 11.3 Å². The van der Waals surface area contributed by atoms with Crippen molar-refractivity contribution in [1.82, 2.24) is 15.5 Å². The molecule has 0 saturated heterocycles. The minimum Gasteiger partial charge on any atom is -0.482 e. The Morgan fingerprint density at radius 1 is 0.964 bits per heavy atom. The minimum atomic E-state index is -0.292. The highest BCUT2D eigenvalue weighted by atomic mass is 35.5. The van der Waals surface area contributed by atoms with Gasteiger partial charge < -0.3 is 14.8 Å². The van der Waals surface area contributed by atoms with Gasteiger partial charge in [0.25, 0.3) is 5.91 Å². The summed E-state index contributed by atoms with van der Waals surface area (Å²) in [4.78, 5) is 11.8. The largest absolute Gasteiger partial charge is 0.482 e. The normalized spacial score (nSPS) is 10.4. The first-order valence-electron chi connectivity index (χ1n) is 8.48. The molecule has 1 amide bonds. The van der Waals surface area contributed by atoms with Gasteiger partial charge in [0.05, 0.1) is 17.3 Å². The molecular weight excluding hydrogens is 401 g/mol. The quantitative estimate of drug-likeness (QED) is 0.560. The maximum absolute atomic E-state index is 11.8. The summed E-state index contributed by atoms with van der Waals surface area (Å²) in [7, 11) is 0. The van der Waals surface area contributed by atoms with Gasteiger partial charge in [0.1, 0.15) is 12.4 Å². The van der Waals surface area contributed by atoms with Gasteiger partial charge in [-0.1, -0.05) is 53.5 Å². The van der Waals surface area contributed by atoms with Gasteiger partial charge in [-0.3, -0.25) is 4.79 Å². The average molecular weight is 418 g/mol. The number of aromatic nitrogens is 2. The lowest BCUT2D eigenvalue weighted by molar-refractivity contribution is -0.123. The van der Waals surface area contributed by atoms with Crippen LogP contribution >= 0.6 is 23.2 Å². The number of hydrogen-bond acceptors (Lipinski definition) is 5. The summed E-state index contributed by atoms with van der Waals surface area (Å²) in [5.41, 5.74) is 1.74. The van der Waals surface area contributed by atoms with Crippen molar-refractivity contribution >= 4 is 29.1 Å². The molecule has 1 N–H and O–H groups in total. The molecule has 0 aliphatic rings. The molecule has 0 spiro atoms. The van der Waals surface area contributed by atoms with Gasteiger partial charge in [0.15, 0.2) is 6.61 Å². The van der Waals surface area contributed by atoms with E-state index in [1.165, 1.54) is 0 Å². The number of nitrogens with one attached hydrogen (secondary N) is 1. The fraction of sp³-hybridized carbons (Fsp3) is 0.150. The number of nitrogens with zero attached hydrogens (tertiary/aromatic N) is 2. The molecule has 144 valence electrons. The molecule has 2 aromatic carbocycles. The van der Waals surface area contributed by atoms with Crippen molar-refractivity contribution in [2.75, 3.05) is 19.8 Å². The number of ether oxygens (including phenoxy) is 2. The third kappa shape index (κ3) is 5.84. The standard InChI is InChI=1S/C20H17Cl2N3O3/c21-15-6-8-18(16(22)12-15)28-13-19(26)23-10-11-27-20-9-7-17(24-25-20)14-4-2-1-3-5-14/h1-9,12H,10-11,13H2,(H,23,26). The van der Waals surface area contributed by atoms with Gasteiger partial charge in [-0.25, -0.2) is 0 Å². The fourth-order valence-corrected chi connectivity index (χ4v) is 2.76. The molecule has 0 unspecified atom stereocenters. The first-order chi connectivity index (χ1) is 13.6. The number of amides is 1. The highest BCUT2D eigenvalue weighted by Crippen LogP contribution is 2.27. The molecule has 28 heavy (non-hydrogen) atoms. The lowest BCUT2D eigenvalue weighted by Gasteiger charge is -2.09. The van der Waals surface area contributed by atoms with Crippen LogP contribution in [-0.4, -0.2) is 35.9 Å². The monoisotopic (exact) mass is 417 g/mol. The summed E-state index contributed by atoms with van der Waals surface area (Å²) in [5.74, 6) is 0.490. The predicted octanol–water partition coefficient (Wildman–Crippen LogP) is 4.02. The smallest absolute Gasteiger partial charge is 0.258 e. The number of rotatable bonds is 8. The van der Waals surface area contributed by atoms with E-state index in [0.29, 0.717) is 28.2 Å². The number of carbonyl (C=O) groups excluding carboxylic acids is 1. The van der Waals surface area contributed by atoms with Crippen LogP contribution in [0.2, 0.25) is 10.0 Å². The lowest BCUT2D eigenvalue weighted by atomic mass is 10.1. The fourth-order valence-electron chi connectivity index (χ4n) is 2.29. The van der Waals surface area contributed by atoms with Gasteiger partial charge >= 0.3 is 0 Å². The average Bonchev–Trinajstić information content (AvgIpc) is 2.72. The molecule has 0 atom stereocenters. The molecule has 3 rings (SSSR count). The van der Waals surface area contributed by atoms with Crippen LogP contribution in [0.3, 0.4) is 0 Å². The minimum absolute atomic E-state index is 0.160. The van der Waals surface area contributed by atoms with E-state index in [-0.39, 0.29) is 19.1 Å². The first-order valence-corrected chi connectivity index (χ1v) is 9.24. The Kier molecular flexibility index (Phi) is 7.06. The number of carbonyl (C=O) groups is 1. The Labute approximate surface area is 172 Å². The van der Waals surface area contributed by atoms with E-state index in [9.17, 15) is 4.79 Å². The molecule has 8 heteroatoms. The zero-order valence-electron chi connectivity index (χ0n) is 14.8. The molecule has 0 aliphatic heterocycles. The van der Waals surface area contributed by atoms with Crippen LogP contribution in [0.15, 0.2) is 60.7 Å². The molecule has 0 aliphatic carbocycles. The van der Waals surface area contributed by atoms with Gasteiger partial charge in [-0.15, -0.1) is 10.2 Å². The second-order valence-corrected chi connectivity index (χ2v) is 6.53. The molecule has 3 aromatic rings. The second kappa shape index (κ2) is 9.92. The number of halogens is 2. The van der Waals surface area contributed by atoms with E-state index in [1.54, 1.807) is 24.3 Å². The molecule has 6 nitrogen and oxygen atoms in total. The van der Waals surface area contributed by atoms with Gasteiger partial charge in [-0.2, -0.15) is 0 Å². The zero-order chi connectivity index (χ0) is 19.8. The van der Waals surface area contributed by atoms with Crippen molar-refractivity contribution in [3.05, 3.63) is 70.7 Å². The van der Waals surface area contributed by atoms with Crippen LogP contribution in [-0.2, 0) is 4.79 Å². The van der Waals surface area contributed by atoms with Gasteiger partial charge in [-0.05, 0) is 24.3 Å². The Balaban J connectivity index is 1.37. The highest BCUT2D eigenvalue weighted by molar-refractivity contribution is 6.35.